The lowest BCUT2D eigenvalue weighted by atomic mass is 10.1. The van der Waals surface area contributed by atoms with Crippen molar-refractivity contribution < 1.29 is 19.1 Å². The van der Waals surface area contributed by atoms with Crippen molar-refractivity contribution in [3.63, 3.8) is 0 Å². The Labute approximate surface area is 159 Å². The summed E-state index contributed by atoms with van der Waals surface area (Å²) in [6.07, 6.45) is 1.84. The summed E-state index contributed by atoms with van der Waals surface area (Å²) < 4.78 is 5.56. The molecular weight excluding hydrogens is 372 g/mol. The summed E-state index contributed by atoms with van der Waals surface area (Å²) >= 11 is 3.59. The molecule has 2 N–H and O–H groups in total. The first kappa shape index (κ1) is 18.6. The molecular formula is C18H18N2O4S2. The van der Waals surface area contributed by atoms with Crippen molar-refractivity contribution in [3.05, 3.63) is 47.7 Å². The number of carboxylic acids is 1. The number of carboxylic acid groups (broad SMARTS) is 1. The van der Waals surface area contributed by atoms with Crippen LogP contribution in [0.4, 0.5) is 0 Å². The maximum atomic E-state index is 12.0. The van der Waals surface area contributed by atoms with Crippen LogP contribution < -0.4 is 5.43 Å². The molecule has 2 heterocycles. The number of hydrogen-bond donors (Lipinski definition) is 2. The third-order valence-corrected chi connectivity index (χ3v) is 7.07. The van der Waals surface area contributed by atoms with E-state index >= 15 is 0 Å². The van der Waals surface area contributed by atoms with Crippen LogP contribution in [0.2, 0.25) is 0 Å². The molecule has 0 bridgehead atoms. The molecule has 0 spiro atoms. The molecule has 8 heteroatoms. The molecule has 0 aliphatic carbocycles. The molecule has 1 aromatic heterocycles. The summed E-state index contributed by atoms with van der Waals surface area (Å²) in [6, 6.07) is 9.94. The van der Waals surface area contributed by atoms with Gasteiger partial charge in [0.25, 0.3) is 0 Å². The number of benzene rings is 1. The minimum atomic E-state index is -0.991. The fourth-order valence-electron chi connectivity index (χ4n) is 2.54. The van der Waals surface area contributed by atoms with Crippen LogP contribution in [-0.4, -0.2) is 38.8 Å². The van der Waals surface area contributed by atoms with Crippen LogP contribution in [0.1, 0.15) is 29.5 Å². The molecule has 1 fully saturated rings. The molecule has 3 rings (SSSR count). The van der Waals surface area contributed by atoms with Crippen molar-refractivity contribution in [1.29, 1.82) is 0 Å². The molecule has 1 saturated heterocycles. The highest BCUT2D eigenvalue weighted by atomic mass is 32.2. The van der Waals surface area contributed by atoms with Gasteiger partial charge in [-0.05, 0) is 31.2 Å². The van der Waals surface area contributed by atoms with Crippen molar-refractivity contribution in [1.82, 2.24) is 5.43 Å². The Morgan fingerprint density at radius 3 is 2.81 bits per heavy atom. The van der Waals surface area contributed by atoms with E-state index in [4.69, 9.17) is 9.52 Å². The van der Waals surface area contributed by atoms with Crippen molar-refractivity contribution >= 4 is 41.6 Å². The van der Waals surface area contributed by atoms with Gasteiger partial charge in [-0.1, -0.05) is 12.1 Å². The van der Waals surface area contributed by atoms with Gasteiger partial charge in [-0.3, -0.25) is 4.79 Å². The van der Waals surface area contributed by atoms with Crippen LogP contribution in [0, 0.1) is 0 Å². The van der Waals surface area contributed by atoms with Gasteiger partial charge in [0.2, 0.25) is 5.91 Å². The lowest BCUT2D eigenvalue weighted by molar-refractivity contribution is -0.121. The van der Waals surface area contributed by atoms with Crippen LogP contribution in [0.3, 0.4) is 0 Å². The number of aromatic carboxylic acids is 1. The van der Waals surface area contributed by atoms with Gasteiger partial charge in [0.05, 0.1) is 22.3 Å². The number of nitrogens with zero attached hydrogens (tertiary/aromatic N) is 1. The Balaban J connectivity index is 1.59. The summed E-state index contributed by atoms with van der Waals surface area (Å²) in [4.78, 5) is 23.0. The first-order valence-electron chi connectivity index (χ1n) is 7.99. The number of furan rings is 1. The van der Waals surface area contributed by atoms with E-state index in [9.17, 15) is 9.59 Å². The van der Waals surface area contributed by atoms with E-state index in [1.807, 2.05) is 0 Å². The van der Waals surface area contributed by atoms with Gasteiger partial charge in [-0.2, -0.15) is 5.10 Å². The maximum Gasteiger partial charge on any atom is 0.335 e. The van der Waals surface area contributed by atoms with E-state index in [0.717, 1.165) is 11.5 Å². The SMILES string of the molecule is CC1(CC(=O)N/N=C\c2ccc(-c3cccc(C(=O)O)c3)o2)SCCS1. The Morgan fingerprint density at radius 2 is 2.08 bits per heavy atom. The molecule has 1 amide bonds. The second-order valence-electron chi connectivity index (χ2n) is 5.89. The zero-order chi connectivity index (χ0) is 18.6. The Kier molecular flexibility index (Phi) is 5.73. The third-order valence-electron chi connectivity index (χ3n) is 3.78. The van der Waals surface area contributed by atoms with Gasteiger partial charge in [0, 0.05) is 17.1 Å². The average Bonchev–Trinajstić information content (AvgIpc) is 3.24. The molecule has 1 aromatic carbocycles. The number of carbonyl (C=O) groups excluding carboxylic acids is 1. The first-order valence-corrected chi connectivity index (χ1v) is 9.96. The number of thioether (sulfide) groups is 2. The molecule has 0 saturated carbocycles. The number of nitrogens with one attached hydrogen (secondary N) is 1. The van der Waals surface area contributed by atoms with Gasteiger partial charge in [0.1, 0.15) is 11.5 Å². The second-order valence-corrected chi connectivity index (χ2v) is 9.34. The van der Waals surface area contributed by atoms with Crippen molar-refractivity contribution in [2.24, 2.45) is 5.10 Å². The fourth-order valence-corrected chi connectivity index (χ4v) is 5.37. The van der Waals surface area contributed by atoms with Crippen molar-refractivity contribution in [3.8, 4) is 11.3 Å². The fraction of sp³-hybridized carbons (Fsp3) is 0.278. The second kappa shape index (κ2) is 8.01. The van der Waals surface area contributed by atoms with Crippen LogP contribution in [0.15, 0.2) is 45.9 Å². The smallest absolute Gasteiger partial charge is 0.335 e. The Bertz CT molecular complexity index is 841. The monoisotopic (exact) mass is 390 g/mol. The zero-order valence-electron chi connectivity index (χ0n) is 14.1. The molecule has 1 aliphatic heterocycles. The van der Waals surface area contributed by atoms with Gasteiger partial charge in [-0.15, -0.1) is 23.5 Å². The number of hydrogen-bond acceptors (Lipinski definition) is 6. The highest BCUT2D eigenvalue weighted by molar-refractivity contribution is 8.21. The van der Waals surface area contributed by atoms with Gasteiger partial charge in [-0.25, -0.2) is 10.2 Å². The van der Waals surface area contributed by atoms with Gasteiger partial charge < -0.3 is 9.52 Å². The number of amides is 1. The Morgan fingerprint density at radius 1 is 1.31 bits per heavy atom. The largest absolute Gasteiger partial charge is 0.478 e. The predicted octanol–water partition coefficient (Wildman–Crippen LogP) is 3.68. The minimum absolute atomic E-state index is 0.0768. The first-order chi connectivity index (χ1) is 12.5. The molecule has 136 valence electrons. The zero-order valence-corrected chi connectivity index (χ0v) is 15.7. The summed E-state index contributed by atoms with van der Waals surface area (Å²) in [7, 11) is 0. The minimum Gasteiger partial charge on any atom is -0.478 e. The molecule has 0 unspecified atom stereocenters. The maximum absolute atomic E-state index is 12.0. The molecule has 0 radical (unpaired) electrons. The lowest BCUT2D eigenvalue weighted by Gasteiger charge is -2.19. The number of carbonyl (C=O) groups is 2. The predicted molar refractivity (Wildman–Crippen MR) is 105 cm³/mol. The summed E-state index contributed by atoms with van der Waals surface area (Å²) in [5, 5.41) is 13.0. The van der Waals surface area contributed by atoms with Crippen molar-refractivity contribution in [2.45, 2.75) is 17.4 Å². The van der Waals surface area contributed by atoms with Crippen LogP contribution in [0.25, 0.3) is 11.3 Å². The van der Waals surface area contributed by atoms with E-state index in [2.05, 4.69) is 17.5 Å². The molecule has 2 aromatic rings. The molecule has 0 atom stereocenters. The molecule has 1 aliphatic rings. The van der Waals surface area contributed by atoms with E-state index in [-0.39, 0.29) is 15.5 Å². The summed E-state index contributed by atoms with van der Waals surface area (Å²) in [5.41, 5.74) is 3.38. The average molecular weight is 390 g/mol. The number of hydrazone groups is 1. The van der Waals surface area contributed by atoms with Crippen LogP contribution in [-0.2, 0) is 4.79 Å². The molecule has 26 heavy (non-hydrogen) atoms. The van der Waals surface area contributed by atoms with Crippen molar-refractivity contribution in [2.75, 3.05) is 11.5 Å². The highest BCUT2D eigenvalue weighted by Gasteiger charge is 2.32. The van der Waals surface area contributed by atoms with Gasteiger partial charge in [0.15, 0.2) is 0 Å². The topological polar surface area (TPSA) is 91.9 Å². The summed E-state index contributed by atoms with van der Waals surface area (Å²) in [6.45, 7) is 2.07. The van der Waals surface area contributed by atoms with Crippen LogP contribution in [0.5, 0.6) is 0 Å². The lowest BCUT2D eigenvalue weighted by Crippen LogP contribution is -2.26. The normalized spacial score (nSPS) is 16.0. The van der Waals surface area contributed by atoms with Crippen LogP contribution >= 0.6 is 23.5 Å². The standard InChI is InChI=1S/C18H18N2O4S2/c1-18(25-7-8-26-18)10-16(21)20-19-11-14-5-6-15(24-14)12-3-2-4-13(9-12)17(22)23/h2-6,9,11H,7-8,10H2,1H3,(H,20,21)(H,22,23)/b19-11-. The summed E-state index contributed by atoms with van der Waals surface area (Å²) in [5.74, 6) is 2.01. The van der Waals surface area contributed by atoms with E-state index in [0.29, 0.717) is 23.5 Å². The number of rotatable bonds is 6. The van der Waals surface area contributed by atoms with E-state index in [1.54, 1.807) is 53.9 Å². The van der Waals surface area contributed by atoms with Gasteiger partial charge >= 0.3 is 5.97 Å². The van der Waals surface area contributed by atoms with E-state index in [1.165, 1.54) is 12.3 Å². The highest BCUT2D eigenvalue weighted by Crippen LogP contribution is 2.45. The third kappa shape index (κ3) is 4.70. The van der Waals surface area contributed by atoms with E-state index < -0.39 is 5.97 Å². The molecule has 6 nitrogen and oxygen atoms in total. The quantitative estimate of drug-likeness (QED) is 0.577. The Hall–Kier alpha value is -2.19.